The van der Waals surface area contributed by atoms with Crippen LogP contribution < -0.4 is 4.74 Å². The molecular formula is C14H18O5. The second kappa shape index (κ2) is 7.41. The Morgan fingerprint density at radius 3 is 2.42 bits per heavy atom. The number of carboxylic acids is 1. The molecule has 1 aromatic rings. The average Bonchev–Trinajstić information content (AvgIpc) is 2.42. The minimum atomic E-state index is -0.900. The van der Waals surface area contributed by atoms with Crippen LogP contribution in [0.25, 0.3) is 0 Å². The zero-order valence-electron chi connectivity index (χ0n) is 11.1. The molecule has 0 aliphatic carbocycles. The summed E-state index contributed by atoms with van der Waals surface area (Å²) in [6, 6.07) is 7.20. The Bertz CT molecular complexity index is 424. The number of carboxylic acid groups (broad SMARTS) is 1. The molecule has 0 saturated carbocycles. The van der Waals surface area contributed by atoms with Gasteiger partial charge >= 0.3 is 11.9 Å². The molecule has 1 aromatic carbocycles. The number of aliphatic carboxylic acids is 1. The summed E-state index contributed by atoms with van der Waals surface area (Å²) in [5.74, 6) is -1.08. The molecule has 0 amide bonds. The summed E-state index contributed by atoms with van der Waals surface area (Å²) >= 11 is 0. The zero-order chi connectivity index (χ0) is 14.3. The van der Waals surface area contributed by atoms with Gasteiger partial charge in [-0.25, -0.2) is 0 Å². The number of carbonyl (C=O) groups excluding carboxylic acids is 1. The normalized spacial score (nSPS) is 11.7. The smallest absolute Gasteiger partial charge is 0.306 e. The first-order chi connectivity index (χ1) is 9.02. The van der Waals surface area contributed by atoms with Crippen molar-refractivity contribution in [2.75, 3.05) is 7.11 Å². The van der Waals surface area contributed by atoms with Crippen molar-refractivity contribution < 1.29 is 24.2 Å². The first-order valence-corrected chi connectivity index (χ1v) is 6.04. The van der Waals surface area contributed by atoms with E-state index in [0.29, 0.717) is 0 Å². The molecule has 0 aliphatic heterocycles. The standard InChI is InChI=1S/C14H18O5/c1-10(14(16)17)3-8-13(15)19-9-11-4-6-12(18-2)7-5-11/h4-7,10H,3,8-9H2,1-2H3,(H,16,17)/t10-/m1/s1. The molecule has 0 saturated heterocycles. The van der Waals surface area contributed by atoms with Gasteiger partial charge in [0.15, 0.2) is 0 Å². The summed E-state index contributed by atoms with van der Waals surface area (Å²) in [7, 11) is 1.58. The number of rotatable bonds is 7. The molecule has 19 heavy (non-hydrogen) atoms. The van der Waals surface area contributed by atoms with E-state index in [0.717, 1.165) is 11.3 Å². The van der Waals surface area contributed by atoms with Gasteiger partial charge in [0.1, 0.15) is 12.4 Å². The van der Waals surface area contributed by atoms with Gasteiger partial charge in [-0.15, -0.1) is 0 Å². The third-order valence-electron chi connectivity index (χ3n) is 2.76. The highest BCUT2D eigenvalue weighted by Gasteiger charge is 2.13. The molecular weight excluding hydrogens is 248 g/mol. The maximum atomic E-state index is 11.4. The summed E-state index contributed by atoms with van der Waals surface area (Å²) < 4.78 is 10.1. The molecule has 0 heterocycles. The lowest BCUT2D eigenvalue weighted by Crippen LogP contribution is -2.12. The van der Waals surface area contributed by atoms with Crippen molar-refractivity contribution in [1.82, 2.24) is 0 Å². The van der Waals surface area contributed by atoms with Gasteiger partial charge in [-0.2, -0.15) is 0 Å². The van der Waals surface area contributed by atoms with Crippen molar-refractivity contribution in [1.29, 1.82) is 0 Å². The number of hydrogen-bond donors (Lipinski definition) is 1. The van der Waals surface area contributed by atoms with Crippen molar-refractivity contribution in [3.63, 3.8) is 0 Å². The fraction of sp³-hybridized carbons (Fsp3) is 0.429. The monoisotopic (exact) mass is 266 g/mol. The lowest BCUT2D eigenvalue weighted by atomic mass is 10.1. The van der Waals surface area contributed by atoms with Crippen molar-refractivity contribution in [3.05, 3.63) is 29.8 Å². The Labute approximate surface area is 112 Å². The molecule has 1 rings (SSSR count). The summed E-state index contributed by atoms with van der Waals surface area (Å²) in [6.07, 6.45) is 0.403. The van der Waals surface area contributed by atoms with Crippen molar-refractivity contribution >= 4 is 11.9 Å². The van der Waals surface area contributed by atoms with E-state index in [9.17, 15) is 9.59 Å². The summed E-state index contributed by atoms with van der Waals surface area (Å²) in [6.45, 7) is 1.75. The minimum absolute atomic E-state index is 0.115. The average molecular weight is 266 g/mol. The number of esters is 1. The Morgan fingerprint density at radius 2 is 1.89 bits per heavy atom. The molecule has 5 heteroatoms. The fourth-order valence-corrected chi connectivity index (χ4v) is 1.42. The number of benzene rings is 1. The molecule has 1 atom stereocenters. The van der Waals surface area contributed by atoms with Gasteiger partial charge in [-0.05, 0) is 24.1 Å². The largest absolute Gasteiger partial charge is 0.497 e. The molecule has 0 aromatic heterocycles. The lowest BCUT2D eigenvalue weighted by molar-refractivity contribution is -0.146. The Kier molecular flexibility index (Phi) is 5.85. The molecule has 104 valence electrons. The molecule has 0 spiro atoms. The molecule has 0 aliphatic rings. The Hall–Kier alpha value is -2.04. The molecule has 0 radical (unpaired) electrons. The van der Waals surface area contributed by atoms with Crippen LogP contribution in [-0.2, 0) is 20.9 Å². The number of methoxy groups -OCH3 is 1. The van der Waals surface area contributed by atoms with E-state index in [1.54, 1.807) is 26.2 Å². The van der Waals surface area contributed by atoms with Crippen LogP contribution in [0.2, 0.25) is 0 Å². The second-order valence-corrected chi connectivity index (χ2v) is 4.29. The van der Waals surface area contributed by atoms with Crippen molar-refractivity contribution in [2.24, 2.45) is 5.92 Å². The topological polar surface area (TPSA) is 72.8 Å². The van der Waals surface area contributed by atoms with Gasteiger partial charge in [-0.1, -0.05) is 19.1 Å². The van der Waals surface area contributed by atoms with Crippen molar-refractivity contribution in [3.8, 4) is 5.75 Å². The van der Waals surface area contributed by atoms with Crippen LogP contribution in [0, 0.1) is 5.92 Å². The van der Waals surface area contributed by atoms with E-state index in [1.165, 1.54) is 0 Å². The van der Waals surface area contributed by atoms with E-state index in [4.69, 9.17) is 14.6 Å². The highest BCUT2D eigenvalue weighted by Crippen LogP contribution is 2.13. The van der Waals surface area contributed by atoms with Gasteiger partial charge < -0.3 is 14.6 Å². The first kappa shape index (κ1) is 15.0. The maximum absolute atomic E-state index is 11.4. The van der Waals surface area contributed by atoms with Gasteiger partial charge in [0.2, 0.25) is 0 Å². The third kappa shape index (κ3) is 5.42. The minimum Gasteiger partial charge on any atom is -0.497 e. The number of hydrogen-bond acceptors (Lipinski definition) is 4. The van der Waals surface area contributed by atoms with Crippen molar-refractivity contribution in [2.45, 2.75) is 26.4 Å². The molecule has 5 nitrogen and oxygen atoms in total. The molecule has 1 N–H and O–H groups in total. The highest BCUT2D eigenvalue weighted by molar-refractivity contribution is 5.72. The van der Waals surface area contributed by atoms with Crippen LogP contribution in [0.1, 0.15) is 25.3 Å². The number of ether oxygens (including phenoxy) is 2. The Balaban J connectivity index is 2.31. The van der Waals surface area contributed by atoms with Crippen LogP contribution in [0.3, 0.4) is 0 Å². The van der Waals surface area contributed by atoms with E-state index in [-0.39, 0.29) is 25.4 Å². The fourth-order valence-electron chi connectivity index (χ4n) is 1.42. The van der Waals surface area contributed by atoms with Gasteiger partial charge in [-0.3, -0.25) is 9.59 Å². The molecule has 0 unspecified atom stereocenters. The van der Waals surface area contributed by atoms with Crippen LogP contribution in [0.5, 0.6) is 5.75 Å². The second-order valence-electron chi connectivity index (χ2n) is 4.29. The van der Waals surface area contributed by atoms with E-state index < -0.39 is 11.9 Å². The number of carbonyl (C=O) groups is 2. The molecule has 0 bridgehead atoms. The summed E-state index contributed by atoms with van der Waals surface area (Å²) in [4.78, 5) is 22.0. The quantitative estimate of drug-likeness (QED) is 0.766. The Morgan fingerprint density at radius 1 is 1.26 bits per heavy atom. The van der Waals surface area contributed by atoms with Crippen LogP contribution in [-0.4, -0.2) is 24.2 Å². The third-order valence-corrected chi connectivity index (χ3v) is 2.76. The molecule has 0 fully saturated rings. The van der Waals surface area contributed by atoms with Crippen LogP contribution >= 0.6 is 0 Å². The predicted molar refractivity (Wildman–Crippen MR) is 68.8 cm³/mol. The lowest BCUT2D eigenvalue weighted by Gasteiger charge is -2.07. The van der Waals surface area contributed by atoms with E-state index in [2.05, 4.69) is 0 Å². The summed E-state index contributed by atoms with van der Waals surface area (Å²) in [5, 5.41) is 8.69. The first-order valence-electron chi connectivity index (χ1n) is 6.04. The maximum Gasteiger partial charge on any atom is 0.306 e. The highest BCUT2D eigenvalue weighted by atomic mass is 16.5. The van der Waals surface area contributed by atoms with Crippen LogP contribution in [0.15, 0.2) is 24.3 Å². The van der Waals surface area contributed by atoms with Crippen LogP contribution in [0.4, 0.5) is 0 Å². The summed E-state index contributed by atoms with van der Waals surface area (Å²) in [5.41, 5.74) is 0.862. The van der Waals surface area contributed by atoms with E-state index >= 15 is 0 Å². The van der Waals surface area contributed by atoms with Gasteiger partial charge in [0, 0.05) is 6.42 Å². The van der Waals surface area contributed by atoms with Gasteiger partial charge in [0.05, 0.1) is 13.0 Å². The predicted octanol–water partition coefficient (Wildman–Crippen LogP) is 2.24. The van der Waals surface area contributed by atoms with Gasteiger partial charge in [0.25, 0.3) is 0 Å². The van der Waals surface area contributed by atoms with E-state index in [1.807, 2.05) is 12.1 Å². The zero-order valence-corrected chi connectivity index (χ0v) is 11.1. The SMILES string of the molecule is COc1ccc(COC(=O)CC[C@@H](C)C(=O)O)cc1.